The lowest BCUT2D eigenvalue weighted by atomic mass is 10.0. The zero-order valence-corrected chi connectivity index (χ0v) is 22.9. The molecular formula is C30H30FNO6S. The maximum atomic E-state index is 13.2. The molecule has 0 radical (unpaired) electrons. The number of sulfonamides is 1. The number of fused-ring (bicyclic) bond motifs is 1. The van der Waals surface area contributed by atoms with Crippen LogP contribution in [0, 0.1) is 12.7 Å². The van der Waals surface area contributed by atoms with Gasteiger partial charge in [-0.05, 0) is 86.8 Å². The number of carbonyl (C=O) groups excluding carboxylic acids is 1. The fraction of sp³-hybridized carbons (Fsp3) is 0.233. The standard InChI is InChI=1S/C30H30FNO6S/c1-5-7-8-17-32(39(4,34)35)26-19-27-25(18-20(26)3)28(30(33)36-6-2)29(38-27)21-9-13-23(14-10-21)37-24-15-11-22(31)12-16-24/h5,9-16,18-19H,1,6-8,17H2,2-4H3. The van der Waals surface area contributed by atoms with Gasteiger partial charge in [0.1, 0.15) is 34.2 Å². The third-order valence-corrected chi connectivity index (χ3v) is 7.27. The molecule has 0 aliphatic carbocycles. The van der Waals surface area contributed by atoms with Crippen LogP contribution in [0.25, 0.3) is 22.3 Å². The number of benzene rings is 3. The van der Waals surface area contributed by atoms with Crippen molar-refractivity contribution in [3.05, 3.63) is 90.3 Å². The molecule has 0 saturated carbocycles. The molecule has 0 saturated heterocycles. The van der Waals surface area contributed by atoms with E-state index < -0.39 is 16.0 Å². The van der Waals surface area contributed by atoms with Crippen LogP contribution < -0.4 is 9.04 Å². The van der Waals surface area contributed by atoms with Crippen molar-refractivity contribution in [2.75, 3.05) is 23.7 Å². The summed E-state index contributed by atoms with van der Waals surface area (Å²) in [5, 5.41) is 0.524. The molecule has 0 amide bonds. The van der Waals surface area contributed by atoms with Crippen LogP contribution in [0.5, 0.6) is 11.5 Å². The SMILES string of the molecule is C=CCCCN(c1cc2oc(-c3ccc(Oc4ccc(F)cc4)cc3)c(C(=O)OCC)c2cc1C)S(C)(=O)=O. The fourth-order valence-corrected chi connectivity index (χ4v) is 5.29. The maximum Gasteiger partial charge on any atom is 0.342 e. The Morgan fingerprint density at radius 2 is 1.72 bits per heavy atom. The van der Waals surface area contributed by atoms with Crippen LogP contribution in [0.15, 0.2) is 77.7 Å². The largest absolute Gasteiger partial charge is 0.462 e. The molecule has 0 aliphatic heterocycles. The van der Waals surface area contributed by atoms with Gasteiger partial charge in [-0.3, -0.25) is 4.31 Å². The van der Waals surface area contributed by atoms with Crippen LogP contribution in [0.1, 0.15) is 35.7 Å². The number of ether oxygens (including phenoxy) is 2. The molecular weight excluding hydrogens is 521 g/mol. The number of hydrogen-bond donors (Lipinski definition) is 0. The summed E-state index contributed by atoms with van der Waals surface area (Å²) < 4.78 is 57.1. The van der Waals surface area contributed by atoms with Crippen molar-refractivity contribution >= 4 is 32.6 Å². The lowest BCUT2D eigenvalue weighted by molar-refractivity contribution is 0.0528. The second-order valence-corrected chi connectivity index (χ2v) is 10.9. The molecule has 9 heteroatoms. The Morgan fingerprint density at radius 1 is 1.08 bits per heavy atom. The smallest absolute Gasteiger partial charge is 0.342 e. The van der Waals surface area contributed by atoms with E-state index in [4.69, 9.17) is 13.9 Å². The Bertz CT molecular complexity index is 1590. The summed E-state index contributed by atoms with van der Waals surface area (Å²) in [6.07, 6.45) is 4.19. The van der Waals surface area contributed by atoms with Crippen LogP contribution in [-0.2, 0) is 14.8 Å². The van der Waals surface area contributed by atoms with Crippen LogP contribution in [0.2, 0.25) is 0 Å². The van der Waals surface area contributed by atoms with E-state index in [0.717, 1.165) is 6.26 Å². The molecule has 0 N–H and O–H groups in total. The van der Waals surface area contributed by atoms with Gasteiger partial charge >= 0.3 is 5.97 Å². The van der Waals surface area contributed by atoms with E-state index in [1.54, 1.807) is 56.3 Å². The number of rotatable bonds is 11. The summed E-state index contributed by atoms with van der Waals surface area (Å²) in [5.74, 6) is 0.387. The predicted molar refractivity (Wildman–Crippen MR) is 150 cm³/mol. The lowest BCUT2D eigenvalue weighted by Gasteiger charge is -2.24. The van der Waals surface area contributed by atoms with Crippen molar-refractivity contribution in [3.8, 4) is 22.8 Å². The van der Waals surface area contributed by atoms with Gasteiger partial charge in [-0.25, -0.2) is 17.6 Å². The van der Waals surface area contributed by atoms with E-state index in [9.17, 15) is 17.6 Å². The van der Waals surface area contributed by atoms with Crippen LogP contribution in [0.4, 0.5) is 10.1 Å². The van der Waals surface area contributed by atoms with E-state index >= 15 is 0 Å². The van der Waals surface area contributed by atoms with E-state index in [1.807, 2.05) is 0 Å². The van der Waals surface area contributed by atoms with Gasteiger partial charge in [0.15, 0.2) is 0 Å². The van der Waals surface area contributed by atoms with Crippen molar-refractivity contribution in [1.29, 1.82) is 0 Å². The molecule has 4 rings (SSSR count). The number of halogens is 1. The van der Waals surface area contributed by atoms with Gasteiger partial charge in [-0.15, -0.1) is 6.58 Å². The quantitative estimate of drug-likeness (QED) is 0.111. The van der Waals surface area contributed by atoms with Crippen LogP contribution in [0.3, 0.4) is 0 Å². The highest BCUT2D eigenvalue weighted by molar-refractivity contribution is 7.92. The van der Waals surface area contributed by atoms with Gasteiger partial charge in [-0.1, -0.05) is 6.08 Å². The summed E-state index contributed by atoms with van der Waals surface area (Å²) in [6.45, 7) is 7.68. The maximum absolute atomic E-state index is 13.2. The third-order valence-electron chi connectivity index (χ3n) is 6.09. The number of esters is 1. The number of unbranched alkanes of at least 4 members (excludes halogenated alkanes) is 1. The number of carbonyl (C=O) groups is 1. The summed E-state index contributed by atoms with van der Waals surface area (Å²) in [5.41, 5.74) is 2.37. The number of furan rings is 1. The van der Waals surface area contributed by atoms with Crippen molar-refractivity contribution in [1.82, 2.24) is 0 Å². The number of aryl methyl sites for hydroxylation is 1. The fourth-order valence-electron chi connectivity index (χ4n) is 4.28. The first-order valence-electron chi connectivity index (χ1n) is 12.5. The van der Waals surface area contributed by atoms with Gasteiger partial charge in [0.2, 0.25) is 10.0 Å². The summed E-state index contributed by atoms with van der Waals surface area (Å²) in [4.78, 5) is 13.1. The van der Waals surface area contributed by atoms with Crippen molar-refractivity contribution in [2.24, 2.45) is 0 Å². The molecule has 7 nitrogen and oxygen atoms in total. The van der Waals surface area contributed by atoms with Crippen LogP contribution >= 0.6 is 0 Å². The van der Waals surface area contributed by atoms with E-state index in [-0.39, 0.29) is 24.5 Å². The average Bonchev–Trinajstić information content (AvgIpc) is 3.26. The van der Waals surface area contributed by atoms with Gasteiger partial charge in [0.05, 0.1) is 18.6 Å². The first-order valence-corrected chi connectivity index (χ1v) is 14.3. The Morgan fingerprint density at radius 3 is 2.31 bits per heavy atom. The molecule has 1 aromatic heterocycles. The zero-order valence-electron chi connectivity index (χ0n) is 22.1. The summed E-state index contributed by atoms with van der Waals surface area (Å²) in [7, 11) is -3.57. The number of hydrogen-bond acceptors (Lipinski definition) is 6. The van der Waals surface area contributed by atoms with Gasteiger partial charge in [0.25, 0.3) is 0 Å². The van der Waals surface area contributed by atoms with Crippen molar-refractivity contribution in [2.45, 2.75) is 26.7 Å². The van der Waals surface area contributed by atoms with E-state index in [1.165, 1.54) is 28.6 Å². The Balaban J connectivity index is 1.77. The molecule has 4 aromatic rings. The molecule has 0 fully saturated rings. The van der Waals surface area contributed by atoms with Crippen molar-refractivity contribution in [3.63, 3.8) is 0 Å². The molecule has 0 atom stereocenters. The molecule has 3 aromatic carbocycles. The number of nitrogens with zero attached hydrogens (tertiary/aromatic N) is 1. The predicted octanol–water partition coefficient (Wildman–Crippen LogP) is 7.25. The Kier molecular flexibility index (Phi) is 8.40. The molecule has 204 valence electrons. The van der Waals surface area contributed by atoms with Crippen LogP contribution in [-0.4, -0.2) is 33.8 Å². The Labute approximate surface area is 227 Å². The third kappa shape index (κ3) is 6.31. The molecule has 1 heterocycles. The first kappa shape index (κ1) is 27.9. The minimum atomic E-state index is -3.57. The minimum absolute atomic E-state index is 0.178. The highest BCUT2D eigenvalue weighted by Crippen LogP contribution is 2.39. The topological polar surface area (TPSA) is 86.1 Å². The molecule has 0 bridgehead atoms. The molecule has 39 heavy (non-hydrogen) atoms. The second-order valence-electron chi connectivity index (χ2n) is 9.01. The molecule has 0 aliphatic rings. The zero-order chi connectivity index (χ0) is 28.2. The first-order chi connectivity index (χ1) is 18.6. The lowest BCUT2D eigenvalue weighted by Crippen LogP contribution is -2.31. The molecule has 0 spiro atoms. The highest BCUT2D eigenvalue weighted by atomic mass is 32.2. The minimum Gasteiger partial charge on any atom is -0.462 e. The second kappa shape index (κ2) is 11.7. The van der Waals surface area contributed by atoms with Crippen molar-refractivity contribution < 1.29 is 31.5 Å². The summed E-state index contributed by atoms with van der Waals surface area (Å²) >= 11 is 0. The number of anilines is 1. The Hall–Kier alpha value is -4.11. The monoisotopic (exact) mass is 551 g/mol. The molecule has 0 unspecified atom stereocenters. The average molecular weight is 552 g/mol. The van der Waals surface area contributed by atoms with Gasteiger partial charge in [-0.2, -0.15) is 0 Å². The highest BCUT2D eigenvalue weighted by Gasteiger charge is 2.26. The number of allylic oxidation sites excluding steroid dienone is 1. The normalized spacial score (nSPS) is 11.4. The van der Waals surface area contributed by atoms with E-state index in [2.05, 4.69) is 6.58 Å². The van der Waals surface area contributed by atoms with Gasteiger partial charge < -0.3 is 13.9 Å². The summed E-state index contributed by atoms with van der Waals surface area (Å²) in [6, 6.07) is 16.0. The van der Waals surface area contributed by atoms with Gasteiger partial charge in [0, 0.05) is 23.6 Å². The van der Waals surface area contributed by atoms with E-state index in [0.29, 0.717) is 57.9 Å².